The molecule has 0 aromatic heterocycles. The number of hydrogen-bond acceptors (Lipinski definition) is 1. The van der Waals surface area contributed by atoms with Crippen molar-refractivity contribution in [2.45, 2.75) is 13.3 Å². The monoisotopic (exact) mass is 317 g/mol. The Morgan fingerprint density at radius 2 is 1.50 bits per heavy atom. The first-order valence-corrected chi connectivity index (χ1v) is 8.97. The van der Waals surface area contributed by atoms with Crippen molar-refractivity contribution in [1.29, 1.82) is 0 Å². The second kappa shape index (κ2) is 8.65. The predicted octanol–water partition coefficient (Wildman–Crippen LogP) is 5.07. The zero-order valence-electron chi connectivity index (χ0n) is 14.4. The second-order valence-corrected chi connectivity index (χ2v) is 6.78. The van der Waals surface area contributed by atoms with Gasteiger partial charge < -0.3 is 5.32 Å². The molecular weight excluding hydrogens is 290 g/mol. The highest BCUT2D eigenvalue weighted by Crippen LogP contribution is 2.34. The summed E-state index contributed by atoms with van der Waals surface area (Å²) < 4.78 is 0. The van der Waals surface area contributed by atoms with E-state index in [1.54, 1.807) is 0 Å². The lowest BCUT2D eigenvalue weighted by molar-refractivity contribution is 0.331. The molecule has 124 valence electrons. The van der Waals surface area contributed by atoms with Gasteiger partial charge in [-0.15, -0.1) is 0 Å². The Balaban J connectivity index is 1.70. The summed E-state index contributed by atoms with van der Waals surface area (Å²) in [4.78, 5) is 0. The molecular formula is C23H27N. The molecule has 0 aromatic rings. The van der Waals surface area contributed by atoms with E-state index < -0.39 is 0 Å². The van der Waals surface area contributed by atoms with Gasteiger partial charge in [0.25, 0.3) is 0 Å². The standard InChI is InChI=1S/C23H27N/c1-19(16-20-12-8-4-2-5-9-13-20)22-17-24-18-23(22)21-14-10-6-3-7-11-15-21/h2-15,19,22-24H,16-18H2,1H3/b4-2-,5-2?,6-3-,7-3?,8-4?,9-5-,10-6?,11-7-,12-8-,13-9?,14-10-,15-11?,20-12?,20-13+,21-14?,21-15+. The Hall–Kier alpha value is -2.12. The summed E-state index contributed by atoms with van der Waals surface area (Å²) in [7, 11) is 0. The van der Waals surface area contributed by atoms with Crippen LogP contribution in [-0.4, -0.2) is 13.1 Å². The van der Waals surface area contributed by atoms with Crippen LogP contribution < -0.4 is 5.32 Å². The SMILES string of the molecule is CC(CC1=C/C=C\C=C/C=C\1)C1CNCC1C1=C/C=C\C=C/C=C\1. The normalized spacial score (nSPS) is 39.5. The van der Waals surface area contributed by atoms with Gasteiger partial charge in [-0.25, -0.2) is 0 Å². The Morgan fingerprint density at radius 3 is 2.33 bits per heavy atom. The molecule has 1 saturated heterocycles. The molecule has 0 amide bonds. The lowest BCUT2D eigenvalue weighted by atomic mass is 9.77. The van der Waals surface area contributed by atoms with E-state index in [2.05, 4.69) is 97.3 Å². The highest BCUT2D eigenvalue weighted by molar-refractivity contribution is 5.35. The van der Waals surface area contributed by atoms with E-state index in [9.17, 15) is 0 Å². The van der Waals surface area contributed by atoms with E-state index in [1.807, 2.05) is 0 Å². The fourth-order valence-corrected chi connectivity index (χ4v) is 3.76. The van der Waals surface area contributed by atoms with E-state index in [4.69, 9.17) is 0 Å². The van der Waals surface area contributed by atoms with Gasteiger partial charge in [-0.3, -0.25) is 0 Å². The van der Waals surface area contributed by atoms with Gasteiger partial charge in [-0.05, 0) is 35.9 Å². The van der Waals surface area contributed by atoms with Crippen molar-refractivity contribution in [2.75, 3.05) is 13.1 Å². The first-order valence-electron chi connectivity index (χ1n) is 8.97. The predicted molar refractivity (Wildman–Crippen MR) is 105 cm³/mol. The summed E-state index contributed by atoms with van der Waals surface area (Å²) in [6.07, 6.45) is 31.3. The van der Waals surface area contributed by atoms with Crippen molar-refractivity contribution in [3.63, 3.8) is 0 Å². The van der Waals surface area contributed by atoms with Crippen molar-refractivity contribution in [3.05, 3.63) is 96.2 Å². The maximum Gasteiger partial charge on any atom is 0.00235 e. The summed E-state index contributed by atoms with van der Waals surface area (Å²) in [6, 6.07) is 0. The molecule has 0 bridgehead atoms. The van der Waals surface area contributed by atoms with Crippen LogP contribution in [0.2, 0.25) is 0 Å². The zero-order valence-corrected chi connectivity index (χ0v) is 14.4. The minimum absolute atomic E-state index is 0.598. The number of allylic oxidation sites excluding steroid dienone is 15. The first-order chi connectivity index (χ1) is 11.8. The Morgan fingerprint density at radius 1 is 0.833 bits per heavy atom. The van der Waals surface area contributed by atoms with E-state index >= 15 is 0 Å². The summed E-state index contributed by atoms with van der Waals surface area (Å²) in [5.41, 5.74) is 2.86. The third-order valence-corrected chi connectivity index (χ3v) is 5.06. The van der Waals surface area contributed by atoms with Crippen LogP contribution in [-0.2, 0) is 0 Å². The third-order valence-electron chi connectivity index (χ3n) is 5.06. The van der Waals surface area contributed by atoms with Gasteiger partial charge in [-0.2, -0.15) is 0 Å². The third kappa shape index (κ3) is 4.46. The van der Waals surface area contributed by atoms with Gasteiger partial charge in [0.15, 0.2) is 0 Å². The topological polar surface area (TPSA) is 12.0 Å². The van der Waals surface area contributed by atoms with Crippen molar-refractivity contribution in [3.8, 4) is 0 Å². The Kier molecular flexibility index (Phi) is 6.03. The molecule has 1 fully saturated rings. The van der Waals surface area contributed by atoms with Crippen LogP contribution in [0.15, 0.2) is 96.2 Å². The Bertz CT molecular complexity index is 664. The first kappa shape index (κ1) is 16.7. The molecule has 1 nitrogen and oxygen atoms in total. The molecule has 3 rings (SSSR count). The van der Waals surface area contributed by atoms with Gasteiger partial charge >= 0.3 is 0 Å². The molecule has 3 aliphatic rings. The maximum atomic E-state index is 3.62. The van der Waals surface area contributed by atoms with Crippen molar-refractivity contribution < 1.29 is 0 Å². The molecule has 0 spiro atoms. The molecule has 1 N–H and O–H groups in total. The average Bonchev–Trinajstić information content (AvgIpc) is 2.99. The summed E-state index contributed by atoms with van der Waals surface area (Å²) in [5, 5.41) is 3.62. The van der Waals surface area contributed by atoms with Gasteiger partial charge in [0.05, 0.1) is 0 Å². The molecule has 2 aliphatic carbocycles. The lowest BCUT2D eigenvalue weighted by Gasteiger charge is -2.26. The number of rotatable bonds is 4. The molecule has 0 saturated carbocycles. The van der Waals surface area contributed by atoms with Gasteiger partial charge in [-0.1, -0.05) is 92.0 Å². The van der Waals surface area contributed by atoms with Crippen LogP contribution in [0.1, 0.15) is 13.3 Å². The lowest BCUT2D eigenvalue weighted by Crippen LogP contribution is -2.22. The number of hydrogen-bond donors (Lipinski definition) is 1. The molecule has 0 radical (unpaired) electrons. The minimum atomic E-state index is 0.598. The van der Waals surface area contributed by atoms with Crippen LogP contribution in [0, 0.1) is 17.8 Å². The van der Waals surface area contributed by atoms with Gasteiger partial charge in [0.2, 0.25) is 0 Å². The van der Waals surface area contributed by atoms with Gasteiger partial charge in [0.1, 0.15) is 0 Å². The molecule has 3 unspecified atom stereocenters. The van der Waals surface area contributed by atoms with E-state index in [0.717, 1.165) is 19.5 Å². The van der Waals surface area contributed by atoms with Crippen LogP contribution >= 0.6 is 0 Å². The van der Waals surface area contributed by atoms with Crippen molar-refractivity contribution in [2.24, 2.45) is 17.8 Å². The smallest absolute Gasteiger partial charge is 0.00235 e. The second-order valence-electron chi connectivity index (χ2n) is 6.78. The summed E-state index contributed by atoms with van der Waals surface area (Å²) in [5.74, 6) is 1.93. The quantitative estimate of drug-likeness (QED) is 0.763. The highest BCUT2D eigenvalue weighted by atomic mass is 14.9. The van der Waals surface area contributed by atoms with Crippen molar-refractivity contribution in [1.82, 2.24) is 5.32 Å². The van der Waals surface area contributed by atoms with Crippen LogP contribution in [0.5, 0.6) is 0 Å². The fraction of sp³-hybridized carbons (Fsp3) is 0.304. The van der Waals surface area contributed by atoms with E-state index in [0.29, 0.717) is 17.8 Å². The summed E-state index contributed by atoms with van der Waals surface area (Å²) in [6.45, 7) is 4.60. The number of nitrogens with one attached hydrogen (secondary N) is 1. The van der Waals surface area contributed by atoms with Crippen molar-refractivity contribution >= 4 is 0 Å². The molecule has 1 aliphatic heterocycles. The zero-order chi connectivity index (χ0) is 16.6. The summed E-state index contributed by atoms with van der Waals surface area (Å²) >= 11 is 0. The molecule has 3 atom stereocenters. The molecule has 0 aromatic carbocycles. The maximum absolute atomic E-state index is 3.62. The molecule has 1 heteroatoms. The Labute approximate surface area is 146 Å². The van der Waals surface area contributed by atoms with Crippen LogP contribution in [0.25, 0.3) is 0 Å². The van der Waals surface area contributed by atoms with Gasteiger partial charge in [0, 0.05) is 12.5 Å². The van der Waals surface area contributed by atoms with E-state index in [-0.39, 0.29) is 0 Å². The molecule has 24 heavy (non-hydrogen) atoms. The largest absolute Gasteiger partial charge is 0.316 e. The van der Waals surface area contributed by atoms with Crippen LogP contribution in [0.4, 0.5) is 0 Å². The fourth-order valence-electron chi connectivity index (χ4n) is 3.76. The van der Waals surface area contributed by atoms with E-state index in [1.165, 1.54) is 11.1 Å². The minimum Gasteiger partial charge on any atom is -0.316 e. The molecule has 1 heterocycles. The highest BCUT2D eigenvalue weighted by Gasteiger charge is 2.32. The van der Waals surface area contributed by atoms with Crippen LogP contribution in [0.3, 0.4) is 0 Å². The average molecular weight is 317 g/mol.